The van der Waals surface area contributed by atoms with Gasteiger partial charge in [0, 0.05) is 5.56 Å². The van der Waals surface area contributed by atoms with Crippen LogP contribution >= 0.6 is 11.6 Å². The van der Waals surface area contributed by atoms with E-state index in [2.05, 4.69) is 10.1 Å². The number of methoxy groups -OCH3 is 1. The van der Waals surface area contributed by atoms with Crippen molar-refractivity contribution in [3.63, 3.8) is 0 Å². The molecular formula is C17H13ClN2O2. The Labute approximate surface area is 133 Å². The molecule has 5 heteroatoms. The van der Waals surface area contributed by atoms with Gasteiger partial charge in [0.15, 0.2) is 0 Å². The van der Waals surface area contributed by atoms with E-state index in [-0.39, 0.29) is 5.89 Å². The molecule has 3 rings (SSSR count). The molecule has 3 aromatic rings. The maximum absolute atomic E-state index is 6.26. The van der Waals surface area contributed by atoms with Crippen LogP contribution < -0.4 is 4.74 Å². The molecule has 0 fully saturated rings. The molecule has 1 aromatic heterocycles. The van der Waals surface area contributed by atoms with Crippen molar-refractivity contribution in [1.29, 1.82) is 0 Å². The highest BCUT2D eigenvalue weighted by atomic mass is 35.5. The zero-order valence-electron chi connectivity index (χ0n) is 11.9. The number of hydrogen-bond donors (Lipinski definition) is 0. The molecule has 0 aliphatic carbocycles. The maximum atomic E-state index is 6.26. The number of nitrogens with zero attached hydrogens (tertiary/aromatic N) is 2. The zero-order valence-corrected chi connectivity index (χ0v) is 12.6. The maximum Gasteiger partial charge on any atom is 0.269 e. The minimum Gasteiger partial charge on any atom is -0.497 e. The van der Waals surface area contributed by atoms with Gasteiger partial charge in [-0.3, -0.25) is 0 Å². The second-order valence-electron chi connectivity index (χ2n) is 4.56. The molecule has 1 heterocycles. The smallest absolute Gasteiger partial charge is 0.269 e. The molecule has 0 amide bonds. The van der Waals surface area contributed by atoms with Crippen molar-refractivity contribution in [3.8, 4) is 17.1 Å². The van der Waals surface area contributed by atoms with Gasteiger partial charge in [0.25, 0.3) is 5.89 Å². The molecule has 0 N–H and O–H groups in total. The second kappa shape index (κ2) is 6.45. The third kappa shape index (κ3) is 3.18. The van der Waals surface area contributed by atoms with Crippen molar-refractivity contribution in [2.24, 2.45) is 0 Å². The van der Waals surface area contributed by atoms with Crippen LogP contribution in [0.2, 0.25) is 0 Å². The van der Waals surface area contributed by atoms with Gasteiger partial charge >= 0.3 is 0 Å². The van der Waals surface area contributed by atoms with Gasteiger partial charge in [-0.1, -0.05) is 59.2 Å². The van der Waals surface area contributed by atoms with Crippen LogP contribution in [0.15, 0.2) is 59.1 Å². The van der Waals surface area contributed by atoms with Crippen molar-refractivity contribution in [2.45, 2.75) is 0 Å². The molecule has 22 heavy (non-hydrogen) atoms. The lowest BCUT2D eigenvalue weighted by Gasteiger charge is -2.00. The van der Waals surface area contributed by atoms with E-state index in [1.807, 2.05) is 54.6 Å². The van der Waals surface area contributed by atoms with Gasteiger partial charge in [0.2, 0.25) is 5.82 Å². The largest absolute Gasteiger partial charge is 0.497 e. The van der Waals surface area contributed by atoms with E-state index < -0.39 is 0 Å². The second-order valence-corrected chi connectivity index (χ2v) is 4.97. The topological polar surface area (TPSA) is 48.2 Å². The van der Waals surface area contributed by atoms with Gasteiger partial charge in [-0.05, 0) is 23.8 Å². The monoisotopic (exact) mass is 312 g/mol. The fraction of sp³-hybridized carbons (Fsp3) is 0.0588. The van der Waals surface area contributed by atoms with E-state index in [9.17, 15) is 0 Å². The number of hydrogen-bond acceptors (Lipinski definition) is 4. The van der Waals surface area contributed by atoms with E-state index in [0.29, 0.717) is 10.9 Å². The molecule has 2 aromatic carbocycles. The molecule has 0 radical (unpaired) electrons. The summed E-state index contributed by atoms with van der Waals surface area (Å²) in [6, 6.07) is 17.1. The number of rotatable bonds is 4. The Bertz CT molecular complexity index is 797. The third-order valence-electron chi connectivity index (χ3n) is 3.05. The summed E-state index contributed by atoms with van der Waals surface area (Å²) >= 11 is 6.26. The molecule has 0 saturated heterocycles. The first kappa shape index (κ1) is 14.4. The van der Waals surface area contributed by atoms with Gasteiger partial charge < -0.3 is 9.26 Å². The van der Waals surface area contributed by atoms with Gasteiger partial charge in [-0.25, -0.2) is 0 Å². The Kier molecular flexibility index (Phi) is 4.21. The number of ether oxygens (including phenoxy) is 1. The average Bonchev–Trinajstić information content (AvgIpc) is 3.06. The first-order chi connectivity index (χ1) is 10.8. The molecule has 0 aliphatic rings. The molecule has 0 aliphatic heterocycles. The molecule has 4 nitrogen and oxygen atoms in total. The molecule has 0 bridgehead atoms. The summed E-state index contributed by atoms with van der Waals surface area (Å²) in [6.07, 6.45) is 1.76. The summed E-state index contributed by atoms with van der Waals surface area (Å²) in [4.78, 5) is 4.31. The van der Waals surface area contributed by atoms with Crippen LogP contribution in [0.4, 0.5) is 0 Å². The highest BCUT2D eigenvalue weighted by molar-refractivity contribution is 6.50. The molecular weight excluding hydrogens is 300 g/mol. The normalized spacial score (nSPS) is 11.5. The van der Waals surface area contributed by atoms with E-state index in [1.54, 1.807) is 13.2 Å². The van der Waals surface area contributed by atoms with Crippen molar-refractivity contribution in [2.75, 3.05) is 7.11 Å². The first-order valence-electron chi connectivity index (χ1n) is 6.67. The van der Waals surface area contributed by atoms with Crippen molar-refractivity contribution in [3.05, 3.63) is 66.1 Å². The lowest BCUT2D eigenvalue weighted by molar-refractivity contribution is 0.410. The molecule has 0 atom stereocenters. The van der Waals surface area contributed by atoms with E-state index in [1.165, 1.54) is 0 Å². The summed E-state index contributed by atoms with van der Waals surface area (Å²) in [5.41, 5.74) is 1.77. The molecule has 110 valence electrons. The fourth-order valence-electron chi connectivity index (χ4n) is 1.96. The van der Waals surface area contributed by atoms with Crippen LogP contribution in [0, 0.1) is 0 Å². The lowest BCUT2D eigenvalue weighted by Crippen LogP contribution is -1.83. The van der Waals surface area contributed by atoms with Crippen LogP contribution in [0.25, 0.3) is 22.5 Å². The quantitative estimate of drug-likeness (QED) is 0.712. The van der Waals surface area contributed by atoms with Crippen LogP contribution in [0.1, 0.15) is 11.5 Å². The van der Waals surface area contributed by atoms with Crippen molar-refractivity contribution < 1.29 is 9.26 Å². The average molecular weight is 313 g/mol. The van der Waals surface area contributed by atoms with Gasteiger partial charge in [-0.2, -0.15) is 4.98 Å². The van der Waals surface area contributed by atoms with Crippen molar-refractivity contribution in [1.82, 2.24) is 10.1 Å². The van der Waals surface area contributed by atoms with Gasteiger partial charge in [0.05, 0.1) is 7.11 Å². The van der Waals surface area contributed by atoms with Crippen LogP contribution in [-0.4, -0.2) is 17.3 Å². The predicted molar refractivity (Wildman–Crippen MR) is 86.5 cm³/mol. The number of aromatic nitrogens is 2. The summed E-state index contributed by atoms with van der Waals surface area (Å²) in [5.74, 6) is 1.55. The Morgan fingerprint density at radius 3 is 2.73 bits per heavy atom. The van der Waals surface area contributed by atoms with Crippen LogP contribution in [0.5, 0.6) is 5.75 Å². The standard InChI is InChI=1S/C17H13ClN2O2/c1-21-14-9-5-6-12(10-14)11-15(18)17-19-16(20-22-17)13-7-3-2-4-8-13/h2-11H,1H3/b15-11-. The summed E-state index contributed by atoms with van der Waals surface area (Å²) in [7, 11) is 1.62. The number of benzene rings is 2. The minimum absolute atomic E-state index is 0.281. The third-order valence-corrected chi connectivity index (χ3v) is 3.32. The Hall–Kier alpha value is -2.59. The Balaban J connectivity index is 1.87. The van der Waals surface area contributed by atoms with Crippen LogP contribution in [0.3, 0.4) is 0 Å². The van der Waals surface area contributed by atoms with Crippen molar-refractivity contribution >= 4 is 22.7 Å². The lowest BCUT2D eigenvalue weighted by atomic mass is 10.2. The summed E-state index contributed by atoms with van der Waals surface area (Å²) in [6.45, 7) is 0. The first-order valence-corrected chi connectivity index (χ1v) is 7.05. The van der Waals surface area contributed by atoms with Crippen LogP contribution in [-0.2, 0) is 0 Å². The highest BCUT2D eigenvalue weighted by Crippen LogP contribution is 2.24. The van der Waals surface area contributed by atoms with Gasteiger partial charge in [0.1, 0.15) is 10.8 Å². The van der Waals surface area contributed by atoms with E-state index in [0.717, 1.165) is 16.9 Å². The summed E-state index contributed by atoms with van der Waals surface area (Å²) < 4.78 is 10.4. The zero-order chi connectivity index (χ0) is 15.4. The molecule has 0 unspecified atom stereocenters. The summed E-state index contributed by atoms with van der Waals surface area (Å²) in [5, 5.41) is 4.32. The number of halogens is 1. The molecule has 0 saturated carbocycles. The Morgan fingerprint density at radius 2 is 1.95 bits per heavy atom. The predicted octanol–water partition coefficient (Wildman–Crippen LogP) is 4.48. The SMILES string of the molecule is COc1cccc(/C=C(\Cl)c2nc(-c3ccccc3)no2)c1. The van der Waals surface area contributed by atoms with E-state index in [4.69, 9.17) is 20.9 Å². The highest BCUT2D eigenvalue weighted by Gasteiger charge is 2.11. The van der Waals surface area contributed by atoms with E-state index >= 15 is 0 Å². The van der Waals surface area contributed by atoms with Gasteiger partial charge in [-0.15, -0.1) is 0 Å². The fourth-order valence-corrected chi connectivity index (χ4v) is 2.17. The molecule has 0 spiro atoms. The Morgan fingerprint density at radius 1 is 1.14 bits per heavy atom. The minimum atomic E-state index is 0.281.